The van der Waals surface area contributed by atoms with E-state index >= 15 is 0 Å². The summed E-state index contributed by atoms with van der Waals surface area (Å²) >= 11 is 12.4. The lowest BCUT2D eigenvalue weighted by Crippen LogP contribution is -2.17. The van der Waals surface area contributed by atoms with Crippen LogP contribution >= 0.6 is 48.8 Å². The zero-order chi connectivity index (χ0) is 6.04. The summed E-state index contributed by atoms with van der Waals surface area (Å²) in [6.45, 7) is 0. The summed E-state index contributed by atoms with van der Waals surface area (Å²) in [5.74, 6) is 3.51. The molecular weight excluding hydrogens is 176 g/mol. The van der Waals surface area contributed by atoms with E-state index in [1.807, 2.05) is 23.5 Å². The number of hydrogen-bond acceptors (Lipinski definition) is 4. The van der Waals surface area contributed by atoms with Crippen molar-refractivity contribution in [3.63, 3.8) is 0 Å². The van der Waals surface area contributed by atoms with E-state index in [0.29, 0.717) is 0 Å². The number of thioether (sulfide) groups is 2. The minimum absolute atomic E-state index is 0.0527. The predicted octanol–water partition coefficient (Wildman–Crippen LogP) is 1.98. The van der Waals surface area contributed by atoms with E-state index < -0.39 is 0 Å². The molecule has 0 spiro atoms. The summed E-state index contributed by atoms with van der Waals surface area (Å²) in [6, 6.07) is 0. The second-order valence-corrected chi connectivity index (χ2v) is 6.63. The molecule has 1 rings (SSSR count). The van der Waals surface area contributed by atoms with Crippen LogP contribution in [0.5, 0.6) is 0 Å². The van der Waals surface area contributed by atoms with Crippen molar-refractivity contribution in [2.24, 2.45) is 0 Å². The second-order valence-electron chi connectivity index (χ2n) is 1.64. The van der Waals surface area contributed by atoms with Crippen LogP contribution in [-0.2, 0) is 0 Å². The van der Waals surface area contributed by atoms with Crippen LogP contribution in [0.1, 0.15) is 0 Å². The Labute approximate surface area is 69.4 Å². The Morgan fingerprint density at radius 3 is 2.25 bits per heavy atom. The smallest absolute Gasteiger partial charge is 0.110 e. The zero-order valence-corrected chi connectivity index (χ0v) is 7.75. The second kappa shape index (κ2) is 2.99. The minimum atomic E-state index is -0.0527. The molecule has 0 aromatic carbocycles. The highest BCUT2D eigenvalue weighted by atomic mass is 32.2. The van der Waals surface area contributed by atoms with E-state index in [0.717, 1.165) is 5.75 Å². The van der Waals surface area contributed by atoms with Crippen LogP contribution in [0.4, 0.5) is 0 Å². The molecule has 0 unspecified atom stereocenters. The van der Waals surface area contributed by atoms with Gasteiger partial charge in [0.15, 0.2) is 0 Å². The third kappa shape index (κ3) is 2.33. The van der Waals surface area contributed by atoms with Gasteiger partial charge in [-0.1, -0.05) is 0 Å². The largest absolute Gasteiger partial charge is 0.158 e. The van der Waals surface area contributed by atoms with Crippen LogP contribution in [0.25, 0.3) is 0 Å². The average Bonchev–Trinajstić information content (AvgIpc) is 1.65. The van der Waals surface area contributed by atoms with Crippen molar-refractivity contribution in [1.29, 1.82) is 0 Å². The van der Waals surface area contributed by atoms with E-state index in [4.69, 9.17) is 0 Å². The van der Waals surface area contributed by atoms with Crippen molar-refractivity contribution in [2.75, 3.05) is 17.3 Å². The van der Waals surface area contributed by atoms with Crippen molar-refractivity contribution >= 4 is 48.8 Å². The fraction of sp³-hybridized carbons (Fsp3) is 1.00. The lowest BCUT2D eigenvalue weighted by Gasteiger charge is -2.25. The Balaban J connectivity index is 2.33. The Kier molecular flexibility index (Phi) is 2.81. The van der Waals surface area contributed by atoms with Gasteiger partial charge in [0.25, 0.3) is 0 Å². The Bertz CT molecular complexity index is 72.1. The van der Waals surface area contributed by atoms with E-state index in [1.54, 1.807) is 0 Å². The minimum Gasteiger partial charge on any atom is -0.158 e. The molecule has 0 aromatic heterocycles. The third-order valence-corrected chi connectivity index (χ3v) is 4.96. The van der Waals surface area contributed by atoms with Gasteiger partial charge in [-0.25, -0.2) is 0 Å². The quantitative estimate of drug-likeness (QED) is 0.436. The van der Waals surface area contributed by atoms with Gasteiger partial charge in [-0.2, -0.15) is 37.0 Å². The Morgan fingerprint density at radius 2 is 2.00 bits per heavy atom. The van der Waals surface area contributed by atoms with Crippen molar-refractivity contribution < 1.29 is 0 Å². The summed E-state index contributed by atoms with van der Waals surface area (Å²) in [4.78, 5) is 0. The molecule has 0 radical (unpaired) electrons. The molecule has 1 saturated heterocycles. The normalized spacial score (nSPS) is 27.8. The first-order chi connectivity index (χ1) is 3.71. The highest BCUT2D eigenvalue weighted by molar-refractivity contribution is 8.26. The van der Waals surface area contributed by atoms with Gasteiger partial charge in [-0.05, 0) is 0 Å². The predicted molar refractivity (Wildman–Crippen MR) is 50.5 cm³/mol. The molecule has 0 atom stereocenters. The fourth-order valence-electron chi connectivity index (χ4n) is 0.511. The van der Waals surface area contributed by atoms with Crippen LogP contribution in [0.2, 0.25) is 0 Å². The monoisotopic (exact) mass is 184 g/mol. The third-order valence-electron chi connectivity index (χ3n) is 0.851. The maximum atomic E-state index is 4.32. The molecule has 0 N–H and O–H groups in total. The van der Waals surface area contributed by atoms with Crippen LogP contribution in [-0.4, -0.2) is 20.7 Å². The van der Waals surface area contributed by atoms with Gasteiger partial charge in [-0.3, -0.25) is 0 Å². The van der Waals surface area contributed by atoms with E-state index in [9.17, 15) is 0 Å². The molecular formula is C4H8S4. The van der Waals surface area contributed by atoms with Crippen LogP contribution in [0, 0.1) is 0 Å². The van der Waals surface area contributed by atoms with Gasteiger partial charge in [0.05, 0.1) is 0 Å². The van der Waals surface area contributed by atoms with E-state index in [1.165, 1.54) is 11.5 Å². The molecule has 1 aliphatic rings. The molecule has 0 nitrogen and oxygen atoms in total. The molecule has 8 heavy (non-hydrogen) atoms. The number of hydrogen-bond donors (Lipinski definition) is 2. The van der Waals surface area contributed by atoms with Crippen LogP contribution in [0.3, 0.4) is 0 Å². The average molecular weight is 184 g/mol. The Morgan fingerprint density at radius 1 is 1.25 bits per heavy atom. The van der Waals surface area contributed by atoms with Crippen LogP contribution < -0.4 is 0 Å². The lowest BCUT2D eigenvalue weighted by atomic mass is 10.9. The van der Waals surface area contributed by atoms with E-state index in [-0.39, 0.29) is 3.41 Å². The molecule has 0 aliphatic carbocycles. The number of thiol groups is 2. The maximum Gasteiger partial charge on any atom is 0.110 e. The molecule has 1 heterocycles. The van der Waals surface area contributed by atoms with Crippen molar-refractivity contribution in [3.8, 4) is 0 Å². The molecule has 1 fully saturated rings. The maximum absolute atomic E-state index is 4.32. The molecule has 0 aromatic rings. The summed E-state index contributed by atoms with van der Waals surface area (Å²) in [5.41, 5.74) is 0. The molecule has 48 valence electrons. The Hall–Kier alpha value is 1.40. The lowest BCUT2D eigenvalue weighted by molar-refractivity contribution is 1.32. The molecule has 0 bridgehead atoms. The van der Waals surface area contributed by atoms with E-state index in [2.05, 4.69) is 25.3 Å². The SMILES string of the molecule is SC1(S)CSCCS1. The molecule has 4 heteroatoms. The van der Waals surface area contributed by atoms with Gasteiger partial charge < -0.3 is 0 Å². The highest BCUT2D eigenvalue weighted by Crippen LogP contribution is 2.40. The van der Waals surface area contributed by atoms with Crippen molar-refractivity contribution in [3.05, 3.63) is 0 Å². The van der Waals surface area contributed by atoms with Crippen molar-refractivity contribution in [1.82, 2.24) is 0 Å². The molecule has 0 saturated carbocycles. The molecule has 1 aliphatic heterocycles. The van der Waals surface area contributed by atoms with Crippen LogP contribution in [0.15, 0.2) is 0 Å². The first-order valence-corrected chi connectivity index (χ1v) is 5.41. The van der Waals surface area contributed by atoms with Gasteiger partial charge in [0.2, 0.25) is 0 Å². The first kappa shape index (κ1) is 7.51. The van der Waals surface area contributed by atoms with Gasteiger partial charge in [0, 0.05) is 17.3 Å². The van der Waals surface area contributed by atoms with Gasteiger partial charge in [-0.15, -0.1) is 11.8 Å². The fourth-order valence-corrected chi connectivity index (χ4v) is 3.73. The summed E-state index contributed by atoms with van der Waals surface area (Å²) in [7, 11) is 0. The summed E-state index contributed by atoms with van der Waals surface area (Å²) < 4.78 is -0.0527. The summed E-state index contributed by atoms with van der Waals surface area (Å²) in [6.07, 6.45) is 0. The molecule has 0 amide bonds. The van der Waals surface area contributed by atoms with Crippen molar-refractivity contribution in [2.45, 2.75) is 3.41 Å². The standard InChI is InChI=1S/C4H8S4/c5-4(6)3-7-1-2-8-4/h5-6H,1-3H2. The summed E-state index contributed by atoms with van der Waals surface area (Å²) in [5, 5.41) is 0. The highest BCUT2D eigenvalue weighted by Gasteiger charge is 2.23. The van der Waals surface area contributed by atoms with Gasteiger partial charge in [0.1, 0.15) is 3.41 Å². The topological polar surface area (TPSA) is 0 Å². The number of rotatable bonds is 0. The van der Waals surface area contributed by atoms with Gasteiger partial charge >= 0.3 is 0 Å². The first-order valence-electron chi connectivity index (χ1n) is 2.37. The zero-order valence-electron chi connectivity index (χ0n) is 4.33.